The number of nitrogens with one attached hydrogen (secondary N) is 1. The van der Waals surface area contributed by atoms with E-state index in [0.29, 0.717) is 13.1 Å². The zero-order chi connectivity index (χ0) is 14.7. The molecule has 1 N–H and O–H groups in total. The van der Waals surface area contributed by atoms with Crippen LogP contribution in [0.3, 0.4) is 0 Å². The first-order valence-corrected chi connectivity index (χ1v) is 7.13. The summed E-state index contributed by atoms with van der Waals surface area (Å²) in [4.78, 5) is 14.8. The van der Waals surface area contributed by atoms with E-state index in [-0.39, 0.29) is 0 Å². The molecule has 0 bridgehead atoms. The number of hydrogen-bond donors (Lipinski definition) is 1. The van der Waals surface area contributed by atoms with Gasteiger partial charge in [0.15, 0.2) is 0 Å². The van der Waals surface area contributed by atoms with Crippen LogP contribution in [0, 0.1) is 6.92 Å². The minimum absolute atomic E-state index is 0.431. The van der Waals surface area contributed by atoms with E-state index < -0.39 is 0 Å². The van der Waals surface area contributed by atoms with Gasteiger partial charge in [-0.25, -0.2) is 4.99 Å². The second-order valence-corrected chi connectivity index (χ2v) is 4.27. The minimum atomic E-state index is 0.431. The molecule has 1 aliphatic rings. The lowest BCUT2D eigenvalue weighted by molar-refractivity contribution is -0.128. The topological polar surface area (TPSA) is 50.7 Å². The molecule has 0 amide bonds. The summed E-state index contributed by atoms with van der Waals surface area (Å²) in [7, 11) is 0. The van der Waals surface area contributed by atoms with Crippen LogP contribution < -0.4 is 4.72 Å². The Morgan fingerprint density at radius 2 is 2.05 bits per heavy atom. The van der Waals surface area contributed by atoms with Crippen molar-refractivity contribution in [1.29, 1.82) is 0 Å². The number of fused-ring (bicyclic) bond motifs is 1. The van der Waals surface area contributed by atoms with Crippen LogP contribution in [0.4, 0.5) is 5.69 Å². The normalized spacial score (nSPS) is 11.3. The van der Waals surface area contributed by atoms with Crippen LogP contribution in [-0.4, -0.2) is 18.9 Å². The van der Waals surface area contributed by atoms with Gasteiger partial charge in [-0.1, -0.05) is 19.9 Å². The van der Waals surface area contributed by atoms with E-state index >= 15 is 0 Å². The maximum Gasteiger partial charge on any atom is 0.293 e. The van der Waals surface area contributed by atoms with Crippen molar-refractivity contribution >= 4 is 29.9 Å². The molecule has 4 nitrogen and oxygen atoms in total. The number of ether oxygens (including phenoxy) is 1. The van der Waals surface area contributed by atoms with Crippen LogP contribution >= 0.6 is 11.9 Å². The second-order valence-electron chi connectivity index (χ2n) is 3.42. The van der Waals surface area contributed by atoms with E-state index in [9.17, 15) is 4.79 Å². The predicted molar refractivity (Wildman–Crippen MR) is 82.0 cm³/mol. The largest absolute Gasteiger partial charge is 0.468 e. The van der Waals surface area contributed by atoms with Gasteiger partial charge in [0.1, 0.15) is 5.84 Å². The fourth-order valence-corrected chi connectivity index (χ4v) is 1.96. The van der Waals surface area contributed by atoms with Crippen LogP contribution in [0.2, 0.25) is 0 Å². The van der Waals surface area contributed by atoms with Gasteiger partial charge in [0, 0.05) is 0 Å². The second kappa shape index (κ2) is 10.4. The summed E-state index contributed by atoms with van der Waals surface area (Å²) >= 11 is 1.63. The highest BCUT2D eigenvalue weighted by molar-refractivity contribution is 7.98. The summed E-state index contributed by atoms with van der Waals surface area (Å²) in [6, 6.07) is 6.28. The van der Waals surface area contributed by atoms with E-state index in [1.807, 2.05) is 20.8 Å². The van der Waals surface area contributed by atoms with E-state index in [1.54, 1.807) is 18.9 Å². The molecule has 0 aliphatic carbocycles. The Labute approximate surface area is 119 Å². The molecule has 0 atom stereocenters. The third-order valence-corrected chi connectivity index (χ3v) is 2.89. The Morgan fingerprint density at radius 1 is 1.37 bits per heavy atom. The highest BCUT2D eigenvalue weighted by Gasteiger charge is 2.08. The summed E-state index contributed by atoms with van der Waals surface area (Å²) in [6.07, 6.45) is 0. The Balaban J connectivity index is 0.000000396. The first kappa shape index (κ1) is 17.5. The lowest BCUT2D eigenvalue weighted by atomic mass is 10.2. The molecule has 2 rings (SSSR count). The van der Waals surface area contributed by atoms with Crippen molar-refractivity contribution in [2.24, 2.45) is 4.99 Å². The number of amidine groups is 1. The maximum absolute atomic E-state index is 9.18. The number of nitrogens with zero attached hydrogens (tertiary/aromatic N) is 1. The SMILES string of the molecule is CC.CC1=Nc2ccc(C)cc2SN1.CCOC=O. The number of carbonyl (C=O) groups is 1. The predicted octanol–water partition coefficient (Wildman–Crippen LogP) is 3.86. The molecule has 0 saturated carbocycles. The van der Waals surface area contributed by atoms with Crippen molar-refractivity contribution in [2.75, 3.05) is 6.61 Å². The standard InChI is InChI=1S/C9H10N2S.C3H6O2.C2H6/c1-6-3-4-8-9(5-6)12-11-7(2)10-8;1-2-5-3-4;1-2/h3-5H,1-2H3,(H,10,11);3H,2H2,1H3;1-2H3. The average Bonchev–Trinajstić information content (AvgIpc) is 2.43. The molecular weight excluding hydrogens is 260 g/mol. The van der Waals surface area contributed by atoms with Crippen molar-refractivity contribution < 1.29 is 9.53 Å². The maximum atomic E-state index is 9.18. The molecule has 0 spiro atoms. The number of benzene rings is 1. The highest BCUT2D eigenvalue weighted by Crippen LogP contribution is 2.31. The van der Waals surface area contributed by atoms with Gasteiger partial charge in [-0.2, -0.15) is 0 Å². The number of aryl methyl sites for hydroxylation is 1. The lowest BCUT2D eigenvalue weighted by Gasteiger charge is -2.13. The van der Waals surface area contributed by atoms with Gasteiger partial charge in [-0.3, -0.25) is 4.79 Å². The van der Waals surface area contributed by atoms with Crippen LogP contribution in [0.25, 0.3) is 0 Å². The molecule has 1 aromatic rings. The molecule has 106 valence electrons. The van der Waals surface area contributed by atoms with E-state index in [4.69, 9.17) is 0 Å². The third kappa shape index (κ3) is 6.86. The molecule has 5 heteroatoms. The van der Waals surface area contributed by atoms with E-state index in [2.05, 4.69) is 39.6 Å². The Bertz CT molecular complexity index is 420. The van der Waals surface area contributed by atoms with Crippen molar-refractivity contribution in [3.63, 3.8) is 0 Å². The number of aliphatic imine (C=N–C) groups is 1. The fourth-order valence-electron chi connectivity index (χ4n) is 1.20. The van der Waals surface area contributed by atoms with Gasteiger partial charge >= 0.3 is 0 Å². The molecule has 0 unspecified atom stereocenters. The van der Waals surface area contributed by atoms with Crippen LogP contribution in [-0.2, 0) is 9.53 Å². The van der Waals surface area contributed by atoms with Crippen LogP contribution in [0.1, 0.15) is 33.3 Å². The molecule has 0 saturated heterocycles. The zero-order valence-electron chi connectivity index (χ0n) is 12.2. The molecule has 1 aliphatic heterocycles. The minimum Gasteiger partial charge on any atom is -0.468 e. The summed E-state index contributed by atoms with van der Waals surface area (Å²) in [6.45, 7) is 10.7. The monoisotopic (exact) mass is 282 g/mol. The van der Waals surface area contributed by atoms with Crippen molar-refractivity contribution in [1.82, 2.24) is 4.72 Å². The van der Waals surface area contributed by atoms with Gasteiger partial charge in [0.25, 0.3) is 6.47 Å². The molecular formula is C14H22N2O2S. The fraction of sp³-hybridized carbons (Fsp3) is 0.429. The van der Waals surface area contributed by atoms with Crippen molar-refractivity contribution in [3.05, 3.63) is 23.8 Å². The molecule has 19 heavy (non-hydrogen) atoms. The number of carbonyl (C=O) groups excluding carboxylic acids is 1. The first-order valence-electron chi connectivity index (χ1n) is 6.31. The summed E-state index contributed by atoms with van der Waals surface area (Å²) in [5.41, 5.74) is 2.35. The third-order valence-electron chi connectivity index (χ3n) is 1.95. The molecule has 0 fully saturated rings. The van der Waals surface area contributed by atoms with Crippen LogP contribution in [0.15, 0.2) is 28.1 Å². The van der Waals surface area contributed by atoms with Gasteiger partial charge < -0.3 is 9.46 Å². The number of rotatable bonds is 2. The van der Waals surface area contributed by atoms with E-state index in [0.717, 1.165) is 11.5 Å². The molecule has 0 radical (unpaired) electrons. The van der Waals surface area contributed by atoms with Gasteiger partial charge in [0.2, 0.25) is 0 Å². The molecule has 1 heterocycles. The summed E-state index contributed by atoms with van der Waals surface area (Å²) in [5, 5.41) is 0. The van der Waals surface area contributed by atoms with Gasteiger partial charge in [-0.05, 0) is 50.4 Å². The Morgan fingerprint density at radius 3 is 2.58 bits per heavy atom. The number of hydrogen-bond acceptors (Lipinski definition) is 5. The van der Waals surface area contributed by atoms with Gasteiger partial charge in [0.05, 0.1) is 17.2 Å². The summed E-state index contributed by atoms with van der Waals surface area (Å²) in [5.74, 6) is 0.969. The van der Waals surface area contributed by atoms with Crippen molar-refractivity contribution in [3.8, 4) is 0 Å². The quantitative estimate of drug-likeness (QED) is 0.661. The van der Waals surface area contributed by atoms with Crippen LogP contribution in [0.5, 0.6) is 0 Å². The van der Waals surface area contributed by atoms with Gasteiger partial charge in [-0.15, -0.1) is 0 Å². The molecule has 0 aromatic heterocycles. The highest BCUT2D eigenvalue weighted by atomic mass is 32.2. The summed E-state index contributed by atoms with van der Waals surface area (Å²) < 4.78 is 7.28. The van der Waals surface area contributed by atoms with Crippen molar-refractivity contribution in [2.45, 2.75) is 39.5 Å². The molecule has 1 aromatic carbocycles. The Hall–Kier alpha value is -1.49. The van der Waals surface area contributed by atoms with E-state index in [1.165, 1.54) is 10.5 Å². The first-order chi connectivity index (χ1) is 9.17. The smallest absolute Gasteiger partial charge is 0.293 e. The lowest BCUT2D eigenvalue weighted by Crippen LogP contribution is -2.13. The average molecular weight is 282 g/mol. The Kier molecular flexibility index (Phi) is 9.62. The zero-order valence-corrected chi connectivity index (χ0v) is 13.0.